The number of para-hydroxylation sites is 1. The number of benzene rings is 2. The van der Waals surface area contributed by atoms with Gasteiger partial charge in [-0.3, -0.25) is 14.2 Å². The number of methoxy groups -OCH3 is 2. The van der Waals surface area contributed by atoms with Crippen LogP contribution in [0.2, 0.25) is 10.0 Å². The molecule has 0 radical (unpaired) electrons. The summed E-state index contributed by atoms with van der Waals surface area (Å²) in [5.41, 5.74) is 2.54. The van der Waals surface area contributed by atoms with E-state index in [0.717, 1.165) is 5.56 Å². The van der Waals surface area contributed by atoms with Crippen LogP contribution in [-0.4, -0.2) is 40.6 Å². The number of nitrogens with one attached hydrogen (secondary N) is 1. The highest BCUT2D eigenvalue weighted by molar-refractivity contribution is 6.41. The molecule has 35 heavy (non-hydrogen) atoms. The lowest BCUT2D eigenvalue weighted by atomic mass is 10.1. The van der Waals surface area contributed by atoms with E-state index in [1.165, 1.54) is 30.9 Å². The second-order valence-corrected chi connectivity index (χ2v) is 8.11. The predicted octanol–water partition coefficient (Wildman–Crippen LogP) is 5.16. The Morgan fingerprint density at radius 2 is 1.80 bits per heavy atom. The van der Waals surface area contributed by atoms with Crippen molar-refractivity contribution in [2.75, 3.05) is 19.5 Å². The maximum Gasteiger partial charge on any atom is 0.265 e. The molecule has 0 aliphatic carbocycles. The lowest BCUT2D eigenvalue weighted by Gasteiger charge is -2.14. The zero-order valence-electron chi connectivity index (χ0n) is 18.8. The molecule has 0 aliphatic heterocycles. The third kappa shape index (κ3) is 4.71. The monoisotopic (exact) mass is 510 g/mol. The van der Waals surface area contributed by atoms with E-state index >= 15 is 0 Å². The first kappa shape index (κ1) is 24.3. The molecular weight excluding hydrogens is 491 g/mol. The van der Waals surface area contributed by atoms with Crippen LogP contribution in [0.4, 0.5) is 5.69 Å². The van der Waals surface area contributed by atoms with Gasteiger partial charge in [0.2, 0.25) is 5.91 Å². The van der Waals surface area contributed by atoms with Crippen molar-refractivity contribution in [1.82, 2.24) is 14.5 Å². The minimum atomic E-state index is -0.485. The molecule has 178 valence electrons. The average molecular weight is 511 g/mol. The van der Waals surface area contributed by atoms with E-state index in [-0.39, 0.29) is 33.0 Å². The van der Waals surface area contributed by atoms with E-state index in [0.29, 0.717) is 29.0 Å². The summed E-state index contributed by atoms with van der Waals surface area (Å²) in [5.74, 6) is 0.237. The van der Waals surface area contributed by atoms with Crippen molar-refractivity contribution in [3.05, 3.63) is 88.4 Å². The van der Waals surface area contributed by atoms with Crippen molar-refractivity contribution in [2.45, 2.75) is 6.42 Å². The minimum Gasteiger partial charge on any atom is -0.495 e. The number of anilines is 1. The second-order valence-electron chi connectivity index (χ2n) is 7.36. The number of halogens is 2. The first-order valence-corrected chi connectivity index (χ1v) is 11.1. The van der Waals surface area contributed by atoms with Crippen LogP contribution in [-0.2, 0) is 11.2 Å². The van der Waals surface area contributed by atoms with Crippen LogP contribution in [0.1, 0.15) is 21.7 Å². The van der Waals surface area contributed by atoms with Crippen molar-refractivity contribution in [3.8, 4) is 11.5 Å². The Kier molecular flexibility index (Phi) is 7.04. The highest BCUT2D eigenvalue weighted by Crippen LogP contribution is 2.41. The molecule has 0 aliphatic rings. The Bertz CT molecular complexity index is 1440. The molecule has 4 rings (SSSR count). The summed E-state index contributed by atoms with van der Waals surface area (Å²) in [4.78, 5) is 34.2. The molecule has 1 amide bonds. The summed E-state index contributed by atoms with van der Waals surface area (Å²) in [5, 5.41) is 2.92. The fraction of sp³-hybridized carbons (Fsp3) is 0.120. The van der Waals surface area contributed by atoms with Gasteiger partial charge in [-0.2, -0.15) is 0 Å². The minimum absolute atomic E-state index is 0.0398. The lowest BCUT2D eigenvalue weighted by Crippen LogP contribution is -2.13. The van der Waals surface area contributed by atoms with Gasteiger partial charge in [-0.05, 0) is 23.8 Å². The highest BCUT2D eigenvalue weighted by atomic mass is 35.5. The predicted molar refractivity (Wildman–Crippen MR) is 135 cm³/mol. The Hall–Kier alpha value is -3.88. The van der Waals surface area contributed by atoms with Crippen LogP contribution in [0.5, 0.6) is 11.5 Å². The molecule has 0 spiro atoms. The van der Waals surface area contributed by atoms with Gasteiger partial charge >= 0.3 is 0 Å². The largest absolute Gasteiger partial charge is 0.495 e. The standard InChI is InChI=1S/C25H20Cl2N4O4/c1-4-21(32)30-15-8-6-5-7-14(15)11-20-28-13-17-16(29-20)9-10-31(17)25(33)22-23(26)18(34-2)12-19(35-3)24(22)27/h4-10,12-13H,1,11H2,2-3H3,(H,30,32). The van der Waals surface area contributed by atoms with Gasteiger partial charge in [0, 0.05) is 24.4 Å². The van der Waals surface area contributed by atoms with Crippen LogP contribution in [0.25, 0.3) is 11.0 Å². The van der Waals surface area contributed by atoms with E-state index < -0.39 is 5.91 Å². The molecular formula is C25H20Cl2N4O4. The fourth-order valence-electron chi connectivity index (χ4n) is 3.57. The summed E-state index contributed by atoms with van der Waals surface area (Å²) >= 11 is 12.8. The van der Waals surface area contributed by atoms with Crippen molar-refractivity contribution >= 4 is 51.7 Å². The third-order valence-electron chi connectivity index (χ3n) is 5.30. The van der Waals surface area contributed by atoms with Crippen molar-refractivity contribution in [2.24, 2.45) is 0 Å². The Morgan fingerprint density at radius 3 is 2.46 bits per heavy atom. The molecule has 2 aromatic carbocycles. The maximum atomic E-state index is 13.4. The normalized spacial score (nSPS) is 10.7. The smallest absolute Gasteiger partial charge is 0.265 e. The van der Waals surface area contributed by atoms with Crippen LogP contribution in [0, 0.1) is 0 Å². The van der Waals surface area contributed by atoms with Crippen LogP contribution in [0.15, 0.2) is 61.4 Å². The topological polar surface area (TPSA) is 95.3 Å². The van der Waals surface area contributed by atoms with Gasteiger partial charge in [-0.1, -0.05) is 48.0 Å². The van der Waals surface area contributed by atoms with Gasteiger partial charge in [0.1, 0.15) is 17.3 Å². The van der Waals surface area contributed by atoms with Crippen molar-refractivity contribution in [1.29, 1.82) is 0 Å². The number of fused-ring (bicyclic) bond motifs is 1. The van der Waals surface area contributed by atoms with Crippen LogP contribution in [0.3, 0.4) is 0 Å². The SMILES string of the molecule is C=CC(=O)Nc1ccccc1Cc1ncc2c(ccn2C(=O)c2c(Cl)c(OC)cc(OC)c2Cl)n1. The number of hydrogen-bond acceptors (Lipinski definition) is 6. The second kappa shape index (κ2) is 10.2. The maximum absolute atomic E-state index is 13.4. The van der Waals surface area contributed by atoms with Gasteiger partial charge in [0.15, 0.2) is 0 Å². The summed E-state index contributed by atoms with van der Waals surface area (Å²) in [6.07, 6.45) is 4.70. The molecule has 0 saturated carbocycles. The van der Waals surface area contributed by atoms with E-state index in [4.69, 9.17) is 32.7 Å². The molecule has 10 heteroatoms. The van der Waals surface area contributed by atoms with E-state index in [1.54, 1.807) is 24.5 Å². The molecule has 0 atom stereocenters. The van der Waals surface area contributed by atoms with Gasteiger partial charge in [-0.15, -0.1) is 0 Å². The lowest BCUT2D eigenvalue weighted by molar-refractivity contribution is -0.111. The molecule has 2 heterocycles. The number of rotatable bonds is 7. The van der Waals surface area contributed by atoms with E-state index in [2.05, 4.69) is 21.9 Å². The molecule has 0 unspecified atom stereocenters. The van der Waals surface area contributed by atoms with Gasteiger partial charge in [0.05, 0.1) is 47.1 Å². The number of carbonyl (C=O) groups excluding carboxylic acids is 2. The number of nitrogens with zero attached hydrogens (tertiary/aromatic N) is 3. The Morgan fingerprint density at radius 1 is 1.11 bits per heavy atom. The number of ether oxygens (including phenoxy) is 2. The molecule has 1 N–H and O–H groups in total. The van der Waals surface area contributed by atoms with E-state index in [1.807, 2.05) is 18.2 Å². The number of aromatic nitrogens is 3. The van der Waals surface area contributed by atoms with Gasteiger partial charge < -0.3 is 14.8 Å². The number of amides is 1. The van der Waals surface area contributed by atoms with E-state index in [9.17, 15) is 9.59 Å². The molecule has 0 saturated heterocycles. The number of hydrogen-bond donors (Lipinski definition) is 1. The van der Waals surface area contributed by atoms with Gasteiger partial charge in [-0.25, -0.2) is 9.97 Å². The van der Waals surface area contributed by atoms with Crippen molar-refractivity contribution in [3.63, 3.8) is 0 Å². The summed E-state index contributed by atoms with van der Waals surface area (Å²) in [6, 6.07) is 10.6. The van der Waals surface area contributed by atoms with Gasteiger partial charge in [0.25, 0.3) is 5.91 Å². The molecule has 0 bridgehead atoms. The van der Waals surface area contributed by atoms with Crippen LogP contribution >= 0.6 is 23.2 Å². The highest BCUT2D eigenvalue weighted by Gasteiger charge is 2.25. The molecule has 4 aromatic rings. The van der Waals surface area contributed by atoms with Crippen LogP contribution < -0.4 is 14.8 Å². The Labute approximate surface area is 211 Å². The Balaban J connectivity index is 1.69. The first-order chi connectivity index (χ1) is 16.9. The third-order valence-corrected chi connectivity index (χ3v) is 6.05. The summed E-state index contributed by atoms with van der Waals surface area (Å²) in [7, 11) is 2.87. The molecule has 2 aromatic heterocycles. The number of carbonyl (C=O) groups is 2. The zero-order chi connectivity index (χ0) is 25.1. The fourth-order valence-corrected chi connectivity index (χ4v) is 4.23. The zero-order valence-corrected chi connectivity index (χ0v) is 20.4. The van der Waals surface area contributed by atoms with Crippen molar-refractivity contribution < 1.29 is 19.1 Å². The molecule has 0 fully saturated rings. The molecule has 8 nitrogen and oxygen atoms in total. The summed E-state index contributed by atoms with van der Waals surface area (Å²) < 4.78 is 11.9. The first-order valence-electron chi connectivity index (χ1n) is 10.4. The average Bonchev–Trinajstić information content (AvgIpc) is 3.28. The quantitative estimate of drug-likeness (QED) is 0.345. The summed E-state index contributed by atoms with van der Waals surface area (Å²) in [6.45, 7) is 3.48.